The maximum Gasteiger partial charge on any atom is 0.174 e. The van der Waals surface area contributed by atoms with Gasteiger partial charge in [0.25, 0.3) is 0 Å². The number of ether oxygens (including phenoxy) is 1. The highest BCUT2D eigenvalue weighted by Crippen LogP contribution is 2.20. The third-order valence-electron chi connectivity index (χ3n) is 2.15. The third-order valence-corrected chi connectivity index (χ3v) is 2.15. The molecule has 1 fully saturated rings. The molecule has 5 heteroatoms. The molecule has 0 aromatic carbocycles. The lowest BCUT2D eigenvalue weighted by molar-refractivity contribution is 0.122. The molecule has 1 aromatic heterocycles. The molecular weight excluding hydrogens is 168 g/mol. The molecule has 1 aliphatic rings. The van der Waals surface area contributed by atoms with Gasteiger partial charge in [-0.3, -0.25) is 4.68 Å². The summed E-state index contributed by atoms with van der Waals surface area (Å²) in [4.78, 5) is 2.15. The van der Waals surface area contributed by atoms with Crippen LogP contribution in [0.3, 0.4) is 0 Å². The average Bonchev–Trinajstić information content (AvgIpc) is 2.47. The van der Waals surface area contributed by atoms with Crippen molar-refractivity contribution in [1.29, 1.82) is 0 Å². The zero-order valence-corrected chi connectivity index (χ0v) is 7.73. The van der Waals surface area contributed by atoms with Crippen LogP contribution < -0.4 is 10.6 Å². The minimum atomic E-state index is 0.740. The number of nitrogens with two attached hydrogens (primary N) is 1. The second-order valence-corrected chi connectivity index (χ2v) is 3.18. The molecule has 13 heavy (non-hydrogen) atoms. The van der Waals surface area contributed by atoms with Gasteiger partial charge < -0.3 is 15.4 Å². The fourth-order valence-electron chi connectivity index (χ4n) is 1.52. The molecule has 0 unspecified atom stereocenters. The molecule has 2 rings (SSSR count). The van der Waals surface area contributed by atoms with Crippen LogP contribution in [0.2, 0.25) is 0 Å². The van der Waals surface area contributed by atoms with Crippen LogP contribution >= 0.6 is 0 Å². The van der Waals surface area contributed by atoms with E-state index in [1.165, 1.54) is 0 Å². The number of aryl methyl sites for hydroxylation is 1. The molecular formula is C8H14N4O. The van der Waals surface area contributed by atoms with Crippen molar-refractivity contribution < 1.29 is 4.74 Å². The van der Waals surface area contributed by atoms with Crippen LogP contribution in [0, 0.1) is 0 Å². The second kappa shape index (κ2) is 3.26. The lowest BCUT2D eigenvalue weighted by Gasteiger charge is -2.26. The molecule has 0 amide bonds. The SMILES string of the molecule is Cn1cc(N)c(N2CCOCC2)n1. The van der Waals surface area contributed by atoms with Crippen molar-refractivity contribution in [3.63, 3.8) is 0 Å². The summed E-state index contributed by atoms with van der Waals surface area (Å²) in [7, 11) is 1.88. The van der Waals surface area contributed by atoms with Crippen LogP contribution in [-0.4, -0.2) is 36.1 Å². The average molecular weight is 182 g/mol. The summed E-state index contributed by atoms with van der Waals surface area (Å²) in [5.41, 5.74) is 6.55. The molecule has 1 saturated heterocycles. The first-order valence-electron chi connectivity index (χ1n) is 4.39. The van der Waals surface area contributed by atoms with Crippen LogP contribution in [-0.2, 0) is 11.8 Å². The maximum absolute atomic E-state index is 5.81. The van der Waals surface area contributed by atoms with E-state index in [-0.39, 0.29) is 0 Å². The number of morpholine rings is 1. The molecule has 0 saturated carbocycles. The largest absolute Gasteiger partial charge is 0.394 e. The van der Waals surface area contributed by atoms with Gasteiger partial charge in [-0.2, -0.15) is 5.10 Å². The van der Waals surface area contributed by atoms with E-state index in [1.54, 1.807) is 4.68 Å². The first kappa shape index (κ1) is 8.37. The molecule has 72 valence electrons. The fraction of sp³-hybridized carbons (Fsp3) is 0.625. The van der Waals surface area contributed by atoms with Gasteiger partial charge in [-0.1, -0.05) is 0 Å². The summed E-state index contributed by atoms with van der Waals surface area (Å²) in [6.45, 7) is 3.27. The number of nitrogen functional groups attached to an aromatic ring is 1. The zero-order valence-electron chi connectivity index (χ0n) is 7.73. The van der Waals surface area contributed by atoms with Crippen LogP contribution in [0.5, 0.6) is 0 Å². The van der Waals surface area contributed by atoms with E-state index in [4.69, 9.17) is 10.5 Å². The van der Waals surface area contributed by atoms with Gasteiger partial charge in [0.1, 0.15) is 0 Å². The Labute approximate surface area is 77.1 Å². The summed E-state index contributed by atoms with van der Waals surface area (Å²) in [6.07, 6.45) is 1.82. The molecule has 2 heterocycles. The standard InChI is InChI=1S/C8H14N4O/c1-11-6-7(9)8(10-11)12-2-4-13-5-3-12/h6H,2-5,9H2,1H3. The highest BCUT2D eigenvalue weighted by molar-refractivity contribution is 5.61. The minimum absolute atomic E-state index is 0.740. The van der Waals surface area contributed by atoms with E-state index in [0.717, 1.165) is 37.8 Å². The Bertz CT molecular complexity index is 290. The van der Waals surface area contributed by atoms with Gasteiger partial charge in [-0.15, -0.1) is 0 Å². The fourth-order valence-corrected chi connectivity index (χ4v) is 1.52. The van der Waals surface area contributed by atoms with Gasteiger partial charge in [0.05, 0.1) is 18.9 Å². The van der Waals surface area contributed by atoms with Crippen molar-refractivity contribution in [2.24, 2.45) is 7.05 Å². The van der Waals surface area contributed by atoms with Gasteiger partial charge in [-0.25, -0.2) is 0 Å². The van der Waals surface area contributed by atoms with Crippen LogP contribution in [0.15, 0.2) is 6.20 Å². The minimum Gasteiger partial charge on any atom is -0.394 e. The van der Waals surface area contributed by atoms with Crippen molar-refractivity contribution in [2.45, 2.75) is 0 Å². The van der Waals surface area contributed by atoms with E-state index in [2.05, 4.69) is 10.00 Å². The highest BCUT2D eigenvalue weighted by Gasteiger charge is 2.16. The van der Waals surface area contributed by atoms with Gasteiger partial charge in [0, 0.05) is 26.3 Å². The normalized spacial score (nSPS) is 17.8. The number of aromatic nitrogens is 2. The van der Waals surface area contributed by atoms with E-state index < -0.39 is 0 Å². The molecule has 0 spiro atoms. The van der Waals surface area contributed by atoms with E-state index in [0.29, 0.717) is 0 Å². The van der Waals surface area contributed by atoms with Gasteiger partial charge in [-0.05, 0) is 0 Å². The highest BCUT2D eigenvalue weighted by atomic mass is 16.5. The monoisotopic (exact) mass is 182 g/mol. The number of hydrogen-bond donors (Lipinski definition) is 1. The molecule has 1 aliphatic heterocycles. The first-order chi connectivity index (χ1) is 6.27. The molecule has 0 aliphatic carbocycles. The Kier molecular flexibility index (Phi) is 2.10. The first-order valence-corrected chi connectivity index (χ1v) is 4.39. The number of nitrogens with zero attached hydrogens (tertiary/aromatic N) is 3. The zero-order chi connectivity index (χ0) is 9.26. The van der Waals surface area contributed by atoms with Crippen molar-refractivity contribution in [1.82, 2.24) is 9.78 Å². The van der Waals surface area contributed by atoms with Crippen molar-refractivity contribution >= 4 is 11.5 Å². The quantitative estimate of drug-likeness (QED) is 0.655. The maximum atomic E-state index is 5.81. The Morgan fingerprint density at radius 2 is 2.15 bits per heavy atom. The Morgan fingerprint density at radius 1 is 1.46 bits per heavy atom. The Morgan fingerprint density at radius 3 is 2.69 bits per heavy atom. The van der Waals surface area contributed by atoms with Gasteiger partial charge in [0.15, 0.2) is 5.82 Å². The topological polar surface area (TPSA) is 56.3 Å². The summed E-state index contributed by atoms with van der Waals surface area (Å²) < 4.78 is 6.99. The molecule has 2 N–H and O–H groups in total. The summed E-state index contributed by atoms with van der Waals surface area (Å²) in [5.74, 6) is 0.880. The predicted octanol–water partition coefficient (Wildman–Crippen LogP) is -0.161. The number of anilines is 2. The lowest BCUT2D eigenvalue weighted by atomic mass is 10.4. The van der Waals surface area contributed by atoms with Crippen LogP contribution in [0.25, 0.3) is 0 Å². The number of hydrogen-bond acceptors (Lipinski definition) is 4. The van der Waals surface area contributed by atoms with E-state index >= 15 is 0 Å². The third kappa shape index (κ3) is 1.60. The summed E-state index contributed by atoms with van der Waals surface area (Å²) in [5, 5.41) is 4.30. The molecule has 0 radical (unpaired) electrons. The summed E-state index contributed by atoms with van der Waals surface area (Å²) >= 11 is 0. The Balaban J connectivity index is 2.18. The smallest absolute Gasteiger partial charge is 0.174 e. The number of rotatable bonds is 1. The molecule has 0 bridgehead atoms. The molecule has 5 nitrogen and oxygen atoms in total. The van der Waals surface area contributed by atoms with Crippen LogP contribution in [0.1, 0.15) is 0 Å². The van der Waals surface area contributed by atoms with Crippen molar-refractivity contribution in [3.8, 4) is 0 Å². The van der Waals surface area contributed by atoms with Gasteiger partial charge >= 0.3 is 0 Å². The van der Waals surface area contributed by atoms with Crippen LogP contribution in [0.4, 0.5) is 11.5 Å². The second-order valence-electron chi connectivity index (χ2n) is 3.18. The van der Waals surface area contributed by atoms with Crippen molar-refractivity contribution in [2.75, 3.05) is 36.9 Å². The van der Waals surface area contributed by atoms with E-state index in [1.807, 2.05) is 13.2 Å². The Hall–Kier alpha value is -1.23. The van der Waals surface area contributed by atoms with Crippen molar-refractivity contribution in [3.05, 3.63) is 6.20 Å². The molecule has 1 aromatic rings. The molecule has 0 atom stereocenters. The lowest BCUT2D eigenvalue weighted by Crippen LogP contribution is -2.36. The summed E-state index contributed by atoms with van der Waals surface area (Å²) in [6, 6.07) is 0. The van der Waals surface area contributed by atoms with Gasteiger partial charge in [0.2, 0.25) is 0 Å². The predicted molar refractivity (Wildman–Crippen MR) is 50.7 cm³/mol. The van der Waals surface area contributed by atoms with E-state index in [9.17, 15) is 0 Å².